The Bertz CT molecular complexity index is 680. The molecule has 1 aromatic carbocycles. The first-order chi connectivity index (χ1) is 11.8. The van der Waals surface area contributed by atoms with Gasteiger partial charge in [-0.2, -0.15) is 5.10 Å². The molecular formula is C19H24N4O. The number of amides is 1. The number of hydrogen-bond donors (Lipinski definition) is 1. The van der Waals surface area contributed by atoms with Crippen molar-refractivity contribution in [1.29, 1.82) is 0 Å². The van der Waals surface area contributed by atoms with Gasteiger partial charge in [-0.25, -0.2) is 9.67 Å². The summed E-state index contributed by atoms with van der Waals surface area (Å²) < 4.78 is 1.69. The van der Waals surface area contributed by atoms with Gasteiger partial charge in [0.1, 0.15) is 12.7 Å². The molecule has 4 rings (SSSR count). The van der Waals surface area contributed by atoms with Crippen molar-refractivity contribution in [2.24, 2.45) is 11.8 Å². The number of nitrogens with one attached hydrogen (secondary N) is 1. The largest absolute Gasteiger partial charge is 0.349 e. The molecule has 0 radical (unpaired) electrons. The van der Waals surface area contributed by atoms with E-state index >= 15 is 0 Å². The average molecular weight is 324 g/mol. The predicted molar refractivity (Wildman–Crippen MR) is 91.9 cm³/mol. The van der Waals surface area contributed by atoms with Gasteiger partial charge in [0.05, 0.1) is 5.69 Å². The molecule has 2 aromatic rings. The van der Waals surface area contributed by atoms with Crippen molar-refractivity contribution in [1.82, 2.24) is 20.1 Å². The lowest BCUT2D eigenvalue weighted by Crippen LogP contribution is -2.41. The molecule has 2 aliphatic rings. The summed E-state index contributed by atoms with van der Waals surface area (Å²) in [6.45, 7) is 0. The van der Waals surface area contributed by atoms with E-state index in [4.69, 9.17) is 0 Å². The molecular weight excluding hydrogens is 300 g/mol. The van der Waals surface area contributed by atoms with Gasteiger partial charge in [0.15, 0.2) is 0 Å². The molecule has 0 unspecified atom stereocenters. The number of rotatable bonds is 3. The Balaban J connectivity index is 1.37. The van der Waals surface area contributed by atoms with E-state index in [-0.39, 0.29) is 5.91 Å². The van der Waals surface area contributed by atoms with E-state index in [1.54, 1.807) is 11.0 Å². The van der Waals surface area contributed by atoms with Crippen LogP contribution in [0.5, 0.6) is 0 Å². The first-order valence-corrected chi connectivity index (χ1v) is 9.05. The number of fused-ring (bicyclic) bond motifs is 1. The van der Waals surface area contributed by atoms with Crippen molar-refractivity contribution in [2.45, 2.75) is 51.0 Å². The monoisotopic (exact) mass is 324 g/mol. The second-order valence-electron chi connectivity index (χ2n) is 7.17. The zero-order valence-electron chi connectivity index (χ0n) is 13.9. The summed E-state index contributed by atoms with van der Waals surface area (Å²) in [5.41, 5.74) is 1.62. The smallest absolute Gasteiger partial charge is 0.251 e. The highest BCUT2D eigenvalue weighted by Crippen LogP contribution is 2.40. The molecule has 2 saturated carbocycles. The number of aromatic nitrogens is 3. The molecule has 2 fully saturated rings. The molecule has 5 heteroatoms. The fourth-order valence-corrected chi connectivity index (χ4v) is 4.38. The summed E-state index contributed by atoms with van der Waals surface area (Å²) in [5.74, 6) is 1.78. The van der Waals surface area contributed by atoms with Gasteiger partial charge in [-0.15, -0.1) is 0 Å². The van der Waals surface area contributed by atoms with Crippen LogP contribution in [0.3, 0.4) is 0 Å². The summed E-state index contributed by atoms with van der Waals surface area (Å²) in [6, 6.07) is 7.87. The van der Waals surface area contributed by atoms with Gasteiger partial charge in [0.25, 0.3) is 5.91 Å². The maximum Gasteiger partial charge on any atom is 0.251 e. The third kappa shape index (κ3) is 3.21. The van der Waals surface area contributed by atoms with Gasteiger partial charge in [0.2, 0.25) is 0 Å². The van der Waals surface area contributed by atoms with Crippen LogP contribution in [0.25, 0.3) is 5.69 Å². The molecule has 1 aromatic heterocycles. The van der Waals surface area contributed by atoms with Crippen LogP contribution in [0.4, 0.5) is 0 Å². The molecule has 2 aliphatic carbocycles. The third-order valence-corrected chi connectivity index (χ3v) is 5.69. The van der Waals surface area contributed by atoms with Crippen LogP contribution in [0, 0.1) is 11.8 Å². The molecule has 0 spiro atoms. The van der Waals surface area contributed by atoms with Crippen molar-refractivity contribution in [2.75, 3.05) is 0 Å². The van der Waals surface area contributed by atoms with E-state index in [9.17, 15) is 4.79 Å². The molecule has 1 amide bonds. The standard InChI is InChI=1S/C19H24N4O/c24-19(15-6-9-18(10-7-15)23-13-20-12-21-23)22-17-8-5-14-3-1-2-4-16(14)11-17/h6-7,9-10,12-14,16-17H,1-5,8,11H2,(H,22,24)/t14-,16-,17-/m1/s1. The van der Waals surface area contributed by atoms with Crippen molar-refractivity contribution in [3.8, 4) is 5.69 Å². The van der Waals surface area contributed by atoms with Crippen LogP contribution in [0.2, 0.25) is 0 Å². The number of carbonyl (C=O) groups is 1. The van der Waals surface area contributed by atoms with E-state index in [1.165, 1.54) is 38.4 Å². The molecule has 0 saturated heterocycles. The van der Waals surface area contributed by atoms with Gasteiger partial charge in [-0.05, 0) is 55.4 Å². The second kappa shape index (κ2) is 6.75. The molecule has 0 aliphatic heterocycles. The Morgan fingerprint density at radius 1 is 1.04 bits per heavy atom. The lowest BCUT2D eigenvalue weighted by atomic mass is 9.69. The van der Waals surface area contributed by atoms with Crippen LogP contribution in [0.15, 0.2) is 36.9 Å². The molecule has 3 atom stereocenters. The number of nitrogens with zero attached hydrogens (tertiary/aromatic N) is 3. The molecule has 126 valence electrons. The summed E-state index contributed by atoms with van der Waals surface area (Å²) >= 11 is 0. The van der Waals surface area contributed by atoms with Crippen LogP contribution < -0.4 is 5.32 Å². The maximum absolute atomic E-state index is 12.5. The molecule has 1 N–H and O–H groups in total. The van der Waals surface area contributed by atoms with Crippen molar-refractivity contribution in [3.05, 3.63) is 42.5 Å². The highest BCUT2D eigenvalue weighted by atomic mass is 16.1. The van der Waals surface area contributed by atoms with Crippen LogP contribution in [-0.4, -0.2) is 26.7 Å². The third-order valence-electron chi connectivity index (χ3n) is 5.69. The lowest BCUT2D eigenvalue weighted by Gasteiger charge is -2.39. The van der Waals surface area contributed by atoms with E-state index in [1.807, 2.05) is 24.3 Å². The Kier molecular flexibility index (Phi) is 4.32. The fourth-order valence-electron chi connectivity index (χ4n) is 4.38. The Morgan fingerprint density at radius 3 is 2.58 bits per heavy atom. The Hall–Kier alpha value is -2.17. The Labute approximate surface area is 142 Å². The minimum atomic E-state index is 0.0411. The van der Waals surface area contributed by atoms with Gasteiger partial charge in [-0.3, -0.25) is 4.79 Å². The molecule has 1 heterocycles. The zero-order valence-corrected chi connectivity index (χ0v) is 13.9. The average Bonchev–Trinajstić information content (AvgIpc) is 3.16. The molecule has 0 bridgehead atoms. The van der Waals surface area contributed by atoms with E-state index < -0.39 is 0 Å². The Morgan fingerprint density at radius 2 is 1.83 bits per heavy atom. The highest BCUT2D eigenvalue weighted by molar-refractivity contribution is 5.94. The second-order valence-corrected chi connectivity index (χ2v) is 7.17. The maximum atomic E-state index is 12.5. The fraction of sp³-hybridized carbons (Fsp3) is 0.526. The van der Waals surface area contributed by atoms with E-state index in [2.05, 4.69) is 15.4 Å². The normalized spacial score (nSPS) is 26.6. The number of benzene rings is 1. The predicted octanol–water partition coefficient (Wildman–Crippen LogP) is 3.36. The first kappa shape index (κ1) is 15.4. The van der Waals surface area contributed by atoms with Crippen molar-refractivity contribution in [3.63, 3.8) is 0 Å². The summed E-state index contributed by atoms with van der Waals surface area (Å²) in [7, 11) is 0. The van der Waals surface area contributed by atoms with Crippen LogP contribution >= 0.6 is 0 Å². The lowest BCUT2D eigenvalue weighted by molar-refractivity contribution is 0.0879. The van der Waals surface area contributed by atoms with Crippen LogP contribution in [0.1, 0.15) is 55.3 Å². The zero-order chi connectivity index (χ0) is 16.4. The number of carbonyl (C=O) groups excluding carboxylic acids is 1. The highest BCUT2D eigenvalue weighted by Gasteiger charge is 2.32. The minimum absolute atomic E-state index is 0.0411. The van der Waals surface area contributed by atoms with E-state index in [0.717, 1.165) is 30.4 Å². The van der Waals surface area contributed by atoms with Gasteiger partial charge in [0, 0.05) is 11.6 Å². The van der Waals surface area contributed by atoms with E-state index in [0.29, 0.717) is 11.6 Å². The molecule has 5 nitrogen and oxygen atoms in total. The topological polar surface area (TPSA) is 59.8 Å². The SMILES string of the molecule is O=C(N[C@@H]1CC[C@H]2CCCC[C@@H]2C1)c1ccc(-n2cncn2)cc1. The quantitative estimate of drug-likeness (QED) is 0.942. The molecule has 24 heavy (non-hydrogen) atoms. The summed E-state index contributed by atoms with van der Waals surface area (Å²) in [4.78, 5) is 16.5. The van der Waals surface area contributed by atoms with Gasteiger partial charge >= 0.3 is 0 Å². The minimum Gasteiger partial charge on any atom is -0.349 e. The van der Waals surface area contributed by atoms with Crippen molar-refractivity contribution < 1.29 is 4.79 Å². The summed E-state index contributed by atoms with van der Waals surface area (Å²) in [6.07, 6.45) is 12.2. The number of hydrogen-bond acceptors (Lipinski definition) is 3. The van der Waals surface area contributed by atoms with Gasteiger partial charge in [-0.1, -0.05) is 25.7 Å². The first-order valence-electron chi connectivity index (χ1n) is 9.05. The van der Waals surface area contributed by atoms with Gasteiger partial charge < -0.3 is 5.32 Å². The van der Waals surface area contributed by atoms with Crippen molar-refractivity contribution >= 4 is 5.91 Å². The summed E-state index contributed by atoms with van der Waals surface area (Å²) in [5, 5.41) is 7.35. The van der Waals surface area contributed by atoms with Crippen LogP contribution in [-0.2, 0) is 0 Å².